The molecule has 0 N–H and O–H groups in total. The molecule has 0 saturated carbocycles. The first-order valence-corrected chi connectivity index (χ1v) is 4.79. The Morgan fingerprint density at radius 1 is 1.58 bits per heavy atom. The fourth-order valence-electron chi connectivity index (χ4n) is 1.12. The Labute approximate surface area is 79.6 Å². The maximum absolute atomic E-state index is 10.4. The number of hydrogen-bond acceptors (Lipinski definition) is 3. The van der Waals surface area contributed by atoms with Crippen LogP contribution in [-0.4, -0.2) is 12.2 Å². The number of rotatable bonds is 1. The van der Waals surface area contributed by atoms with E-state index in [0.29, 0.717) is 5.56 Å². The van der Waals surface area contributed by atoms with Crippen LogP contribution in [0.4, 0.5) is 5.69 Å². The minimum Gasteiger partial charge on any atom is -0.298 e. The van der Waals surface area contributed by atoms with Crippen LogP contribution in [0.15, 0.2) is 23.1 Å². The Hall–Kier alpha value is -0.670. The number of fused-ring (bicyclic) bond motifs is 1. The summed E-state index contributed by atoms with van der Waals surface area (Å²) < 4.78 is 1.65. The zero-order valence-electron chi connectivity index (χ0n) is 6.16. The smallest absolute Gasteiger partial charge is 0.150 e. The van der Waals surface area contributed by atoms with E-state index in [9.17, 15) is 4.79 Å². The minimum atomic E-state index is 0.702. The molecule has 0 atom stereocenters. The lowest BCUT2D eigenvalue weighted by Gasteiger charge is -2.05. The van der Waals surface area contributed by atoms with Crippen molar-refractivity contribution < 1.29 is 4.79 Å². The molecule has 1 heterocycles. The van der Waals surface area contributed by atoms with Crippen LogP contribution in [-0.2, 0) is 0 Å². The van der Waals surface area contributed by atoms with E-state index in [1.54, 1.807) is 22.2 Å². The topological polar surface area (TPSA) is 20.3 Å². The second-order valence-corrected chi connectivity index (χ2v) is 3.88. The van der Waals surface area contributed by atoms with E-state index in [-0.39, 0.29) is 0 Å². The van der Waals surface area contributed by atoms with Crippen LogP contribution in [0.25, 0.3) is 0 Å². The number of hydrogen-bond donors (Lipinski definition) is 0. The highest BCUT2D eigenvalue weighted by Crippen LogP contribution is 2.39. The summed E-state index contributed by atoms with van der Waals surface area (Å²) in [6.45, 7) is 0. The first-order chi connectivity index (χ1) is 5.81. The van der Waals surface area contributed by atoms with E-state index in [0.717, 1.165) is 22.7 Å². The van der Waals surface area contributed by atoms with Gasteiger partial charge in [0.25, 0.3) is 0 Å². The quantitative estimate of drug-likeness (QED) is 0.512. The number of carbonyl (C=O) groups is 1. The molecule has 1 aliphatic rings. The number of benzene rings is 1. The summed E-state index contributed by atoms with van der Waals surface area (Å²) in [6, 6.07) is 5.49. The van der Waals surface area contributed by atoms with Gasteiger partial charge in [0, 0.05) is 22.2 Å². The summed E-state index contributed by atoms with van der Waals surface area (Å²) >= 11 is 7.50. The number of nitrogens with zero attached hydrogens (tertiary/aromatic N) is 1. The Morgan fingerprint density at radius 3 is 3.17 bits per heavy atom. The monoisotopic (exact) mass is 199 g/mol. The van der Waals surface area contributed by atoms with Gasteiger partial charge in [-0.2, -0.15) is 0 Å². The third kappa shape index (κ3) is 1.19. The van der Waals surface area contributed by atoms with Gasteiger partial charge in [-0.05, 0) is 18.2 Å². The van der Waals surface area contributed by atoms with Crippen molar-refractivity contribution in [3.05, 3.63) is 23.8 Å². The van der Waals surface area contributed by atoms with Gasteiger partial charge in [0.15, 0.2) is 0 Å². The molecule has 1 aliphatic heterocycles. The molecule has 0 spiro atoms. The highest BCUT2D eigenvalue weighted by atomic mass is 35.5. The van der Waals surface area contributed by atoms with Gasteiger partial charge in [0.2, 0.25) is 0 Å². The Balaban J connectivity index is 2.48. The van der Waals surface area contributed by atoms with Gasteiger partial charge in [-0.3, -0.25) is 9.21 Å². The van der Waals surface area contributed by atoms with Crippen LogP contribution in [0.5, 0.6) is 0 Å². The molecular formula is C8H6ClNOS. The fraction of sp³-hybridized carbons (Fsp3) is 0.125. The molecule has 0 radical (unpaired) electrons. The van der Waals surface area contributed by atoms with E-state index >= 15 is 0 Å². The van der Waals surface area contributed by atoms with Crippen molar-refractivity contribution in [3.8, 4) is 0 Å². The third-order valence-corrected chi connectivity index (χ3v) is 3.18. The molecule has 12 heavy (non-hydrogen) atoms. The maximum atomic E-state index is 10.4. The second kappa shape index (κ2) is 2.99. The molecule has 0 fully saturated rings. The first-order valence-electron chi connectivity index (χ1n) is 3.46. The van der Waals surface area contributed by atoms with E-state index in [1.165, 1.54) is 0 Å². The molecular weight excluding hydrogens is 194 g/mol. The summed E-state index contributed by atoms with van der Waals surface area (Å²) in [5, 5.41) is 0. The van der Waals surface area contributed by atoms with E-state index in [4.69, 9.17) is 11.8 Å². The van der Waals surface area contributed by atoms with Gasteiger partial charge in [0.05, 0.1) is 11.6 Å². The molecule has 0 aromatic heterocycles. The molecule has 2 rings (SSSR count). The highest BCUT2D eigenvalue weighted by Gasteiger charge is 2.17. The Bertz CT molecular complexity index is 329. The van der Waals surface area contributed by atoms with Crippen molar-refractivity contribution in [3.63, 3.8) is 0 Å². The number of halogens is 1. The molecule has 0 saturated heterocycles. The van der Waals surface area contributed by atoms with E-state index < -0.39 is 0 Å². The summed E-state index contributed by atoms with van der Waals surface area (Å²) in [5.41, 5.74) is 1.69. The molecule has 0 unspecified atom stereocenters. The van der Waals surface area contributed by atoms with Gasteiger partial charge in [-0.15, -0.1) is 11.8 Å². The number of thioether (sulfide) groups is 1. The summed E-state index contributed by atoms with van der Waals surface area (Å²) in [7, 11) is 0. The van der Waals surface area contributed by atoms with Crippen LogP contribution in [0.1, 0.15) is 10.4 Å². The normalized spacial score (nSPS) is 14.6. The van der Waals surface area contributed by atoms with Crippen LogP contribution >= 0.6 is 23.5 Å². The lowest BCUT2D eigenvalue weighted by atomic mass is 10.2. The number of anilines is 1. The summed E-state index contributed by atoms with van der Waals surface area (Å²) in [5.74, 6) is 0.749. The fourth-order valence-corrected chi connectivity index (χ4v) is 2.40. The van der Waals surface area contributed by atoms with Crippen molar-refractivity contribution in [1.82, 2.24) is 0 Å². The van der Waals surface area contributed by atoms with Gasteiger partial charge in [-0.1, -0.05) is 0 Å². The van der Waals surface area contributed by atoms with Gasteiger partial charge in [0.1, 0.15) is 6.29 Å². The maximum Gasteiger partial charge on any atom is 0.150 e. The molecule has 0 aliphatic carbocycles. The summed E-state index contributed by atoms with van der Waals surface area (Å²) in [4.78, 5) is 11.5. The van der Waals surface area contributed by atoms with E-state index in [2.05, 4.69) is 0 Å². The summed E-state index contributed by atoms with van der Waals surface area (Å²) in [6.07, 6.45) is 0.845. The van der Waals surface area contributed by atoms with Crippen LogP contribution in [0.3, 0.4) is 0 Å². The predicted molar refractivity (Wildman–Crippen MR) is 50.9 cm³/mol. The largest absolute Gasteiger partial charge is 0.298 e. The lowest BCUT2D eigenvalue weighted by Crippen LogP contribution is -2.01. The van der Waals surface area contributed by atoms with Crippen LogP contribution in [0, 0.1) is 0 Å². The van der Waals surface area contributed by atoms with Crippen molar-refractivity contribution in [2.45, 2.75) is 4.90 Å². The first kappa shape index (κ1) is 7.95. The minimum absolute atomic E-state index is 0.702. The highest BCUT2D eigenvalue weighted by molar-refractivity contribution is 8.00. The van der Waals surface area contributed by atoms with Crippen LogP contribution < -0.4 is 4.42 Å². The van der Waals surface area contributed by atoms with Crippen LogP contribution in [0.2, 0.25) is 0 Å². The molecule has 1 aromatic carbocycles. The molecule has 0 amide bonds. The average Bonchev–Trinajstić information content (AvgIpc) is 2.47. The molecule has 0 bridgehead atoms. The second-order valence-electron chi connectivity index (χ2n) is 2.48. The SMILES string of the molecule is O=Cc1ccc2c(c1)SCN2Cl. The molecule has 62 valence electrons. The standard InChI is InChI=1S/C8H6ClNOS/c9-10-5-12-8-3-6(4-11)1-2-7(8)10/h1-4H,5H2. The van der Waals surface area contributed by atoms with Crippen molar-refractivity contribution in [2.75, 3.05) is 10.3 Å². The molecule has 4 heteroatoms. The van der Waals surface area contributed by atoms with E-state index in [1.807, 2.05) is 12.1 Å². The third-order valence-electron chi connectivity index (χ3n) is 1.71. The zero-order chi connectivity index (χ0) is 8.55. The average molecular weight is 200 g/mol. The lowest BCUT2D eigenvalue weighted by molar-refractivity contribution is 0.112. The predicted octanol–water partition coefficient (Wildman–Crippen LogP) is 2.52. The zero-order valence-corrected chi connectivity index (χ0v) is 7.73. The van der Waals surface area contributed by atoms with Gasteiger partial charge < -0.3 is 0 Å². The molecule has 2 nitrogen and oxygen atoms in total. The Morgan fingerprint density at radius 2 is 2.42 bits per heavy atom. The molecule has 1 aromatic rings. The number of carbonyl (C=O) groups excluding carboxylic acids is 1. The van der Waals surface area contributed by atoms with Gasteiger partial charge >= 0.3 is 0 Å². The van der Waals surface area contributed by atoms with Gasteiger partial charge in [-0.25, -0.2) is 0 Å². The van der Waals surface area contributed by atoms with Crippen molar-refractivity contribution in [2.24, 2.45) is 0 Å². The van der Waals surface area contributed by atoms with Crippen molar-refractivity contribution >= 4 is 35.5 Å². The number of aldehydes is 1. The Kier molecular flexibility index (Phi) is 1.98. The van der Waals surface area contributed by atoms with Crippen molar-refractivity contribution in [1.29, 1.82) is 0 Å².